The normalized spacial score (nSPS) is 14.0. The molecule has 2 heterocycles. The highest BCUT2D eigenvalue weighted by molar-refractivity contribution is 5.63. The third kappa shape index (κ3) is 3.75. The van der Waals surface area contributed by atoms with Gasteiger partial charge < -0.3 is 9.84 Å². The van der Waals surface area contributed by atoms with E-state index in [-0.39, 0.29) is 0 Å². The lowest BCUT2D eigenvalue weighted by Crippen LogP contribution is -2.42. The predicted molar refractivity (Wildman–Crippen MR) is 105 cm³/mol. The Balaban J connectivity index is 1.97. The highest BCUT2D eigenvalue weighted by Gasteiger charge is 2.45. The van der Waals surface area contributed by atoms with Gasteiger partial charge in [0.05, 0.1) is 12.3 Å². The molecule has 1 N–H and O–H groups in total. The number of benzene rings is 1. The summed E-state index contributed by atoms with van der Waals surface area (Å²) in [5.41, 5.74) is 2.59. The Kier molecular flexibility index (Phi) is 5.35. The summed E-state index contributed by atoms with van der Waals surface area (Å²) in [5.74, 6) is 0. The number of hydrogen-bond donors (Lipinski definition) is 1. The minimum Gasteiger partial charge on any atom is -0.380 e. The maximum atomic E-state index is 11.6. The number of aliphatic hydroxyl groups is 1. The summed E-state index contributed by atoms with van der Waals surface area (Å²) in [5, 5.41) is 11.6. The minimum atomic E-state index is -1.30. The predicted octanol–water partition coefficient (Wildman–Crippen LogP) is 3.97. The molecule has 27 heavy (non-hydrogen) atoms. The van der Waals surface area contributed by atoms with Gasteiger partial charge >= 0.3 is 0 Å². The van der Waals surface area contributed by atoms with Gasteiger partial charge in [-0.05, 0) is 17.2 Å². The van der Waals surface area contributed by atoms with Gasteiger partial charge in [0.15, 0.2) is 0 Å². The van der Waals surface area contributed by atoms with Gasteiger partial charge in [-0.25, -0.2) is 9.97 Å². The van der Waals surface area contributed by atoms with Crippen LogP contribution in [0, 0.1) is 5.41 Å². The second-order valence-electron chi connectivity index (χ2n) is 7.65. The Hall–Kier alpha value is -2.63. The summed E-state index contributed by atoms with van der Waals surface area (Å²) < 4.78 is 5.15. The fourth-order valence-electron chi connectivity index (χ4n) is 3.19. The van der Waals surface area contributed by atoms with E-state index < -0.39 is 11.0 Å². The number of methoxy groups -OCH3 is 1. The van der Waals surface area contributed by atoms with Gasteiger partial charge in [0, 0.05) is 42.2 Å². The molecule has 0 spiro atoms. The Morgan fingerprint density at radius 3 is 2.04 bits per heavy atom. The molecule has 1 unspecified atom stereocenters. The van der Waals surface area contributed by atoms with Crippen molar-refractivity contribution in [2.24, 2.45) is 5.41 Å². The average Bonchev–Trinajstić information content (AvgIpc) is 2.68. The first kappa shape index (κ1) is 19.1. The first-order valence-corrected chi connectivity index (χ1v) is 8.89. The SMILES string of the molecule is COCc1ccc(-c2ccc(C(O)(c3cncnc3)C(C)(C)C)nc2)cc1. The van der Waals surface area contributed by atoms with Crippen LogP contribution in [0.5, 0.6) is 0 Å². The maximum absolute atomic E-state index is 11.6. The summed E-state index contributed by atoms with van der Waals surface area (Å²) >= 11 is 0. The molecule has 0 saturated heterocycles. The molecule has 0 fully saturated rings. The van der Waals surface area contributed by atoms with E-state index in [0.29, 0.717) is 17.9 Å². The molecule has 0 radical (unpaired) electrons. The van der Waals surface area contributed by atoms with E-state index in [1.165, 1.54) is 6.33 Å². The summed E-state index contributed by atoms with van der Waals surface area (Å²) in [7, 11) is 1.69. The van der Waals surface area contributed by atoms with Crippen LogP contribution >= 0.6 is 0 Å². The van der Waals surface area contributed by atoms with E-state index in [0.717, 1.165) is 16.7 Å². The van der Waals surface area contributed by atoms with E-state index in [2.05, 4.69) is 15.0 Å². The van der Waals surface area contributed by atoms with Crippen LogP contribution in [0.15, 0.2) is 61.3 Å². The highest BCUT2D eigenvalue weighted by atomic mass is 16.5. The summed E-state index contributed by atoms with van der Waals surface area (Å²) in [6, 6.07) is 12.0. The number of ether oxygens (including phenoxy) is 1. The lowest BCUT2D eigenvalue weighted by atomic mass is 9.70. The lowest BCUT2D eigenvalue weighted by molar-refractivity contribution is -0.0301. The molecular formula is C22H25N3O2. The van der Waals surface area contributed by atoms with Crippen molar-refractivity contribution in [3.05, 3.63) is 78.1 Å². The summed E-state index contributed by atoms with van der Waals surface area (Å²) in [6.07, 6.45) is 6.53. The van der Waals surface area contributed by atoms with Crippen LogP contribution in [-0.2, 0) is 16.9 Å². The molecule has 0 aliphatic carbocycles. The smallest absolute Gasteiger partial charge is 0.139 e. The number of rotatable bonds is 5. The van der Waals surface area contributed by atoms with Crippen molar-refractivity contribution in [3.63, 3.8) is 0 Å². The molecule has 0 saturated carbocycles. The second-order valence-corrected chi connectivity index (χ2v) is 7.65. The molecule has 1 aromatic carbocycles. The lowest BCUT2D eigenvalue weighted by Gasteiger charge is -2.39. The van der Waals surface area contributed by atoms with E-state index in [1.807, 2.05) is 57.2 Å². The fourth-order valence-corrected chi connectivity index (χ4v) is 3.19. The Morgan fingerprint density at radius 1 is 0.889 bits per heavy atom. The van der Waals surface area contributed by atoms with E-state index in [1.54, 1.807) is 25.7 Å². The van der Waals surface area contributed by atoms with Crippen LogP contribution in [0.1, 0.15) is 37.6 Å². The average molecular weight is 363 g/mol. The van der Waals surface area contributed by atoms with Crippen LogP contribution in [0.2, 0.25) is 0 Å². The Labute approximate surface area is 160 Å². The third-order valence-corrected chi connectivity index (χ3v) is 4.80. The molecule has 0 amide bonds. The topological polar surface area (TPSA) is 68.1 Å². The van der Waals surface area contributed by atoms with Crippen LogP contribution in [0.4, 0.5) is 0 Å². The van der Waals surface area contributed by atoms with E-state index in [4.69, 9.17) is 4.74 Å². The third-order valence-electron chi connectivity index (χ3n) is 4.80. The first-order valence-electron chi connectivity index (χ1n) is 8.89. The van der Waals surface area contributed by atoms with Gasteiger partial charge in [0.25, 0.3) is 0 Å². The molecule has 2 aromatic heterocycles. The van der Waals surface area contributed by atoms with E-state index in [9.17, 15) is 5.11 Å². The van der Waals surface area contributed by atoms with Gasteiger partial charge in [0.2, 0.25) is 0 Å². The minimum absolute atomic E-state index is 0.492. The number of aromatic nitrogens is 3. The van der Waals surface area contributed by atoms with Crippen molar-refractivity contribution in [2.75, 3.05) is 7.11 Å². The molecule has 3 aromatic rings. The number of hydrogen-bond acceptors (Lipinski definition) is 5. The monoisotopic (exact) mass is 363 g/mol. The largest absolute Gasteiger partial charge is 0.380 e. The maximum Gasteiger partial charge on any atom is 0.139 e. The van der Waals surface area contributed by atoms with Crippen LogP contribution in [-0.4, -0.2) is 27.2 Å². The molecule has 0 aliphatic heterocycles. The van der Waals surface area contributed by atoms with Crippen molar-refractivity contribution >= 4 is 0 Å². The van der Waals surface area contributed by atoms with Crippen molar-refractivity contribution in [1.82, 2.24) is 15.0 Å². The molecule has 0 aliphatic rings. The van der Waals surface area contributed by atoms with Crippen molar-refractivity contribution in [3.8, 4) is 11.1 Å². The first-order chi connectivity index (χ1) is 12.9. The molecule has 1 atom stereocenters. The van der Waals surface area contributed by atoms with Gasteiger partial charge in [-0.1, -0.05) is 51.1 Å². The Bertz CT molecular complexity index is 872. The highest BCUT2D eigenvalue weighted by Crippen LogP contribution is 2.43. The number of nitrogens with zero attached hydrogens (tertiary/aromatic N) is 3. The Morgan fingerprint density at radius 2 is 1.52 bits per heavy atom. The fraction of sp³-hybridized carbons (Fsp3) is 0.318. The zero-order valence-electron chi connectivity index (χ0n) is 16.2. The second kappa shape index (κ2) is 7.55. The zero-order chi connectivity index (χ0) is 19.5. The van der Waals surface area contributed by atoms with Crippen molar-refractivity contribution < 1.29 is 9.84 Å². The molecule has 0 bridgehead atoms. The molecule has 5 heteroatoms. The van der Waals surface area contributed by atoms with Crippen molar-refractivity contribution in [2.45, 2.75) is 33.0 Å². The van der Waals surface area contributed by atoms with Crippen LogP contribution in [0.3, 0.4) is 0 Å². The molecule has 5 nitrogen and oxygen atoms in total. The molecule has 3 rings (SSSR count). The van der Waals surface area contributed by atoms with E-state index >= 15 is 0 Å². The molecular weight excluding hydrogens is 338 g/mol. The zero-order valence-corrected chi connectivity index (χ0v) is 16.2. The quantitative estimate of drug-likeness (QED) is 0.743. The van der Waals surface area contributed by atoms with Crippen LogP contribution in [0.25, 0.3) is 11.1 Å². The summed E-state index contributed by atoms with van der Waals surface area (Å²) in [4.78, 5) is 12.7. The molecule has 140 valence electrons. The van der Waals surface area contributed by atoms with Gasteiger partial charge in [-0.15, -0.1) is 0 Å². The van der Waals surface area contributed by atoms with Gasteiger partial charge in [0.1, 0.15) is 11.9 Å². The number of pyridine rings is 1. The van der Waals surface area contributed by atoms with Gasteiger partial charge in [-0.3, -0.25) is 4.98 Å². The van der Waals surface area contributed by atoms with Crippen LogP contribution < -0.4 is 0 Å². The van der Waals surface area contributed by atoms with Crippen molar-refractivity contribution in [1.29, 1.82) is 0 Å². The summed E-state index contributed by atoms with van der Waals surface area (Å²) in [6.45, 7) is 6.52. The standard InChI is InChI=1S/C22H25N3O2/c1-21(2,3)22(26,19-12-23-15-24-13-19)20-10-9-18(11-25-20)17-7-5-16(6-8-17)14-27-4/h5-13,15,26H,14H2,1-4H3. The van der Waals surface area contributed by atoms with Gasteiger partial charge in [-0.2, -0.15) is 0 Å².